The zero-order chi connectivity index (χ0) is 13.8. The molecule has 1 aromatic carbocycles. The Morgan fingerprint density at radius 1 is 1.26 bits per heavy atom. The van der Waals surface area contributed by atoms with Crippen LogP contribution in [0.25, 0.3) is 11.0 Å². The van der Waals surface area contributed by atoms with E-state index >= 15 is 0 Å². The van der Waals surface area contributed by atoms with Crippen molar-refractivity contribution < 1.29 is 13.2 Å². The van der Waals surface area contributed by atoms with Gasteiger partial charge in [-0.05, 0) is 18.2 Å². The van der Waals surface area contributed by atoms with E-state index in [1.807, 2.05) is 0 Å². The summed E-state index contributed by atoms with van der Waals surface area (Å²) in [5.41, 5.74) is -0.154. The lowest BCUT2D eigenvalue weighted by Crippen LogP contribution is -2.46. The van der Waals surface area contributed by atoms with Crippen LogP contribution in [-0.2, 0) is 13.2 Å². The third kappa shape index (κ3) is 1.76. The van der Waals surface area contributed by atoms with Gasteiger partial charge in [0.15, 0.2) is 0 Å². The van der Waals surface area contributed by atoms with Crippen LogP contribution in [0.2, 0.25) is 0 Å². The first-order chi connectivity index (χ1) is 8.89. The number of aryl methyl sites for hydroxylation is 1. The molecule has 1 aliphatic rings. The minimum atomic E-state index is -4.40. The van der Waals surface area contributed by atoms with Crippen molar-refractivity contribution in [1.29, 1.82) is 0 Å². The Kier molecular flexibility index (Phi) is 2.50. The van der Waals surface area contributed by atoms with Crippen LogP contribution in [0.15, 0.2) is 23.0 Å². The molecule has 2 heterocycles. The van der Waals surface area contributed by atoms with E-state index in [-0.39, 0.29) is 11.7 Å². The van der Waals surface area contributed by atoms with Crippen LogP contribution in [-0.4, -0.2) is 22.2 Å². The summed E-state index contributed by atoms with van der Waals surface area (Å²) in [5, 5.41) is 3.05. The number of alkyl halides is 3. The van der Waals surface area contributed by atoms with Crippen LogP contribution in [0.1, 0.15) is 11.6 Å². The molecular formula is C12H12F3N3O. The molecule has 0 aliphatic carbocycles. The molecule has 0 radical (unpaired) electrons. The molecule has 1 aliphatic heterocycles. The SMILES string of the molecule is Cn1c(=O)n(C2CNC2)c2ccc(C(F)(F)F)cc21. The van der Waals surface area contributed by atoms with Gasteiger partial charge in [0.25, 0.3) is 0 Å². The lowest BCUT2D eigenvalue weighted by molar-refractivity contribution is -0.137. The van der Waals surface area contributed by atoms with Gasteiger partial charge in [0, 0.05) is 20.1 Å². The maximum Gasteiger partial charge on any atom is 0.416 e. The molecule has 1 saturated heterocycles. The van der Waals surface area contributed by atoms with Gasteiger partial charge in [-0.2, -0.15) is 13.2 Å². The van der Waals surface area contributed by atoms with Gasteiger partial charge in [-0.25, -0.2) is 4.79 Å². The summed E-state index contributed by atoms with van der Waals surface area (Å²) < 4.78 is 40.9. The minimum absolute atomic E-state index is 0.0212. The van der Waals surface area contributed by atoms with Gasteiger partial charge >= 0.3 is 11.9 Å². The van der Waals surface area contributed by atoms with E-state index in [0.717, 1.165) is 12.1 Å². The summed E-state index contributed by atoms with van der Waals surface area (Å²) in [5.74, 6) is 0. The van der Waals surface area contributed by atoms with Crippen molar-refractivity contribution in [3.05, 3.63) is 34.2 Å². The monoisotopic (exact) mass is 271 g/mol. The molecule has 0 unspecified atom stereocenters. The molecule has 0 atom stereocenters. The third-order valence-corrected chi connectivity index (χ3v) is 3.54. The quantitative estimate of drug-likeness (QED) is 0.853. The number of rotatable bonds is 1. The summed E-state index contributed by atoms with van der Waals surface area (Å²) in [6.07, 6.45) is -4.40. The summed E-state index contributed by atoms with van der Waals surface area (Å²) in [6.45, 7) is 1.33. The number of hydrogen-bond acceptors (Lipinski definition) is 2. The summed E-state index contributed by atoms with van der Waals surface area (Å²) in [6, 6.07) is 3.44. The van der Waals surface area contributed by atoms with E-state index in [2.05, 4.69) is 5.32 Å². The Bertz CT molecular complexity index is 695. The summed E-state index contributed by atoms with van der Waals surface area (Å²) >= 11 is 0. The zero-order valence-electron chi connectivity index (χ0n) is 10.2. The van der Waals surface area contributed by atoms with E-state index in [1.165, 1.54) is 17.7 Å². The molecular weight excluding hydrogens is 259 g/mol. The average Bonchev–Trinajstić information content (AvgIpc) is 2.51. The molecule has 1 N–H and O–H groups in total. The van der Waals surface area contributed by atoms with Gasteiger partial charge in [-0.3, -0.25) is 9.13 Å². The lowest BCUT2D eigenvalue weighted by atomic mass is 10.1. The van der Waals surface area contributed by atoms with Gasteiger partial charge in [0.1, 0.15) is 0 Å². The van der Waals surface area contributed by atoms with E-state index in [0.29, 0.717) is 24.1 Å². The Morgan fingerprint density at radius 3 is 2.47 bits per heavy atom. The van der Waals surface area contributed by atoms with Crippen LogP contribution < -0.4 is 11.0 Å². The van der Waals surface area contributed by atoms with Gasteiger partial charge < -0.3 is 5.32 Å². The van der Waals surface area contributed by atoms with Crippen molar-refractivity contribution >= 4 is 11.0 Å². The molecule has 7 heteroatoms. The number of nitrogens with one attached hydrogen (secondary N) is 1. The lowest BCUT2D eigenvalue weighted by Gasteiger charge is -2.28. The second-order valence-corrected chi connectivity index (χ2v) is 4.72. The Balaban J connectivity index is 2.25. The molecule has 2 aromatic rings. The first-order valence-electron chi connectivity index (χ1n) is 5.88. The number of halogens is 3. The van der Waals surface area contributed by atoms with Crippen LogP contribution in [0, 0.1) is 0 Å². The van der Waals surface area contributed by atoms with Crippen molar-refractivity contribution in [2.24, 2.45) is 7.05 Å². The van der Waals surface area contributed by atoms with E-state index < -0.39 is 11.7 Å². The number of benzene rings is 1. The molecule has 102 valence electrons. The highest BCUT2D eigenvalue weighted by molar-refractivity contribution is 5.77. The minimum Gasteiger partial charge on any atom is -0.313 e. The topological polar surface area (TPSA) is 39.0 Å². The fourth-order valence-electron chi connectivity index (χ4n) is 2.35. The van der Waals surface area contributed by atoms with E-state index in [4.69, 9.17) is 0 Å². The number of hydrogen-bond donors (Lipinski definition) is 1. The number of aromatic nitrogens is 2. The highest BCUT2D eigenvalue weighted by Crippen LogP contribution is 2.31. The first-order valence-corrected chi connectivity index (χ1v) is 5.88. The predicted octanol–water partition coefficient (Wildman–Crippen LogP) is 1.50. The van der Waals surface area contributed by atoms with Crippen molar-refractivity contribution in [3.63, 3.8) is 0 Å². The summed E-state index contributed by atoms with van der Waals surface area (Å²) in [4.78, 5) is 12.1. The zero-order valence-corrected chi connectivity index (χ0v) is 10.2. The largest absolute Gasteiger partial charge is 0.416 e. The molecule has 19 heavy (non-hydrogen) atoms. The average molecular weight is 271 g/mol. The van der Waals surface area contributed by atoms with Crippen LogP contribution in [0.3, 0.4) is 0 Å². The maximum absolute atomic E-state index is 12.7. The van der Waals surface area contributed by atoms with Gasteiger partial charge in [-0.1, -0.05) is 0 Å². The normalized spacial score (nSPS) is 16.8. The molecule has 0 saturated carbocycles. The van der Waals surface area contributed by atoms with Crippen LogP contribution >= 0.6 is 0 Å². The second kappa shape index (κ2) is 3.86. The molecule has 3 rings (SSSR count). The number of nitrogens with zero attached hydrogens (tertiary/aromatic N) is 2. The summed E-state index contributed by atoms with van der Waals surface area (Å²) in [7, 11) is 1.49. The van der Waals surface area contributed by atoms with E-state index in [1.54, 1.807) is 4.57 Å². The Morgan fingerprint density at radius 2 is 1.95 bits per heavy atom. The molecule has 1 fully saturated rings. The Labute approximate surface area is 106 Å². The number of fused-ring (bicyclic) bond motifs is 1. The third-order valence-electron chi connectivity index (χ3n) is 3.54. The van der Waals surface area contributed by atoms with Gasteiger partial charge in [-0.15, -0.1) is 0 Å². The van der Waals surface area contributed by atoms with Crippen LogP contribution in [0.5, 0.6) is 0 Å². The fraction of sp³-hybridized carbons (Fsp3) is 0.417. The van der Waals surface area contributed by atoms with Crippen LogP contribution in [0.4, 0.5) is 13.2 Å². The van der Waals surface area contributed by atoms with Crippen molar-refractivity contribution in [3.8, 4) is 0 Å². The smallest absolute Gasteiger partial charge is 0.313 e. The highest BCUT2D eigenvalue weighted by Gasteiger charge is 2.32. The van der Waals surface area contributed by atoms with E-state index in [9.17, 15) is 18.0 Å². The molecule has 0 bridgehead atoms. The standard InChI is InChI=1S/C12H12F3N3O/c1-17-10-4-7(12(13,14)15)2-3-9(10)18(11(17)19)8-5-16-6-8/h2-4,8,16H,5-6H2,1H3. The van der Waals surface area contributed by atoms with Gasteiger partial charge in [0.2, 0.25) is 0 Å². The molecule has 1 aromatic heterocycles. The maximum atomic E-state index is 12.7. The molecule has 0 spiro atoms. The molecule has 4 nitrogen and oxygen atoms in total. The predicted molar refractivity (Wildman–Crippen MR) is 64.1 cm³/mol. The highest BCUT2D eigenvalue weighted by atomic mass is 19.4. The second-order valence-electron chi connectivity index (χ2n) is 4.72. The fourth-order valence-corrected chi connectivity index (χ4v) is 2.35. The Hall–Kier alpha value is -1.76. The molecule has 0 amide bonds. The van der Waals surface area contributed by atoms with Crippen molar-refractivity contribution in [1.82, 2.24) is 14.5 Å². The van der Waals surface area contributed by atoms with Crippen molar-refractivity contribution in [2.45, 2.75) is 12.2 Å². The number of imidazole rings is 1. The van der Waals surface area contributed by atoms with Gasteiger partial charge in [0.05, 0.1) is 22.6 Å². The van der Waals surface area contributed by atoms with Crippen molar-refractivity contribution in [2.75, 3.05) is 13.1 Å². The first kappa shape index (κ1) is 12.3.